The summed E-state index contributed by atoms with van der Waals surface area (Å²) in [6.45, 7) is 0.287. The number of aryl methyl sites for hydroxylation is 1. The molecule has 1 aromatic heterocycles. The van der Waals surface area contributed by atoms with Gasteiger partial charge in [0.2, 0.25) is 0 Å². The van der Waals surface area contributed by atoms with Crippen molar-refractivity contribution in [3.8, 4) is 0 Å². The molecule has 1 aromatic rings. The molecule has 1 aliphatic carbocycles. The largest absolute Gasteiger partial charge is 0.481 e. The summed E-state index contributed by atoms with van der Waals surface area (Å²) >= 11 is 0. The van der Waals surface area contributed by atoms with E-state index in [0.29, 0.717) is 25.0 Å². The molecule has 0 saturated heterocycles. The molecule has 7 heteroatoms. The number of carboxylic acids is 2. The minimum atomic E-state index is -0.881. The molecule has 1 heterocycles. The topological polar surface area (TPSA) is 105 Å². The smallest absolute Gasteiger partial charge is 0.306 e. The zero-order chi connectivity index (χ0) is 12.4. The first-order valence-corrected chi connectivity index (χ1v) is 5.43. The molecule has 2 rings (SSSR count). The first-order valence-electron chi connectivity index (χ1n) is 5.43. The Morgan fingerprint density at radius 2 is 2.18 bits per heavy atom. The standard InChI is InChI=1S/C10H13N3O4/c14-9(15)3-4-13-8-2-1-6(10(16)17)5-7(8)11-12-13/h6H,1-5H2,(H,14,15)(H,16,17). The number of rotatable bonds is 4. The number of nitrogens with zero attached hydrogens (tertiary/aromatic N) is 3. The second-order valence-electron chi connectivity index (χ2n) is 4.13. The van der Waals surface area contributed by atoms with Crippen molar-refractivity contribution in [3.05, 3.63) is 11.4 Å². The molecule has 0 aromatic carbocycles. The summed E-state index contributed by atoms with van der Waals surface area (Å²) in [7, 11) is 0. The summed E-state index contributed by atoms with van der Waals surface area (Å²) in [6, 6.07) is 0. The van der Waals surface area contributed by atoms with Gasteiger partial charge in [-0.05, 0) is 12.8 Å². The normalized spacial score (nSPS) is 18.7. The first kappa shape index (κ1) is 11.6. The van der Waals surface area contributed by atoms with Gasteiger partial charge >= 0.3 is 11.9 Å². The molecule has 0 amide bonds. The Morgan fingerprint density at radius 1 is 1.41 bits per heavy atom. The van der Waals surface area contributed by atoms with Crippen molar-refractivity contribution in [3.63, 3.8) is 0 Å². The minimum absolute atomic E-state index is 0.00183. The molecule has 17 heavy (non-hydrogen) atoms. The monoisotopic (exact) mass is 239 g/mol. The average Bonchev–Trinajstić information content (AvgIpc) is 2.68. The van der Waals surface area contributed by atoms with Crippen molar-refractivity contribution in [2.24, 2.45) is 5.92 Å². The van der Waals surface area contributed by atoms with Crippen molar-refractivity contribution in [1.29, 1.82) is 0 Å². The van der Waals surface area contributed by atoms with E-state index in [1.807, 2.05) is 0 Å². The summed E-state index contributed by atoms with van der Waals surface area (Å²) in [6.07, 6.45) is 1.54. The van der Waals surface area contributed by atoms with Crippen molar-refractivity contribution >= 4 is 11.9 Å². The summed E-state index contributed by atoms with van der Waals surface area (Å²) < 4.78 is 1.57. The molecule has 1 unspecified atom stereocenters. The van der Waals surface area contributed by atoms with Crippen LogP contribution in [0.15, 0.2) is 0 Å². The van der Waals surface area contributed by atoms with Gasteiger partial charge in [-0.3, -0.25) is 9.59 Å². The minimum Gasteiger partial charge on any atom is -0.481 e. The van der Waals surface area contributed by atoms with Gasteiger partial charge in [-0.1, -0.05) is 5.21 Å². The van der Waals surface area contributed by atoms with Gasteiger partial charge in [-0.25, -0.2) is 4.68 Å². The third-order valence-corrected chi connectivity index (χ3v) is 2.97. The van der Waals surface area contributed by atoms with Gasteiger partial charge in [0.05, 0.1) is 30.3 Å². The number of hydrogen-bond acceptors (Lipinski definition) is 4. The summed E-state index contributed by atoms with van der Waals surface area (Å²) in [4.78, 5) is 21.3. The molecule has 0 bridgehead atoms. The van der Waals surface area contributed by atoms with Gasteiger partial charge in [-0.2, -0.15) is 0 Å². The van der Waals surface area contributed by atoms with Crippen LogP contribution in [0.3, 0.4) is 0 Å². The van der Waals surface area contributed by atoms with Gasteiger partial charge in [-0.15, -0.1) is 5.10 Å². The third kappa shape index (κ3) is 2.43. The molecule has 2 N–H and O–H groups in total. The van der Waals surface area contributed by atoms with Gasteiger partial charge in [0, 0.05) is 6.42 Å². The Labute approximate surface area is 97.1 Å². The van der Waals surface area contributed by atoms with Crippen LogP contribution in [0.2, 0.25) is 0 Å². The maximum absolute atomic E-state index is 10.9. The molecule has 0 fully saturated rings. The lowest BCUT2D eigenvalue weighted by molar-refractivity contribution is -0.142. The lowest BCUT2D eigenvalue weighted by Crippen LogP contribution is -2.23. The van der Waals surface area contributed by atoms with E-state index in [1.165, 1.54) is 0 Å². The van der Waals surface area contributed by atoms with Crippen LogP contribution in [-0.4, -0.2) is 37.1 Å². The highest BCUT2D eigenvalue weighted by molar-refractivity contribution is 5.70. The lowest BCUT2D eigenvalue weighted by atomic mass is 9.90. The van der Waals surface area contributed by atoms with Gasteiger partial charge in [0.1, 0.15) is 0 Å². The number of fused-ring (bicyclic) bond motifs is 1. The molecule has 7 nitrogen and oxygen atoms in total. The molecule has 0 radical (unpaired) electrons. The van der Waals surface area contributed by atoms with Crippen LogP contribution in [-0.2, 0) is 29.0 Å². The summed E-state index contributed by atoms with van der Waals surface area (Å²) in [5.41, 5.74) is 1.57. The molecular formula is C10H13N3O4. The number of hydrogen-bond donors (Lipinski definition) is 2. The van der Waals surface area contributed by atoms with Crippen LogP contribution in [0.5, 0.6) is 0 Å². The average molecular weight is 239 g/mol. The molecule has 0 saturated carbocycles. The molecule has 1 aliphatic rings. The highest BCUT2D eigenvalue weighted by atomic mass is 16.4. The second kappa shape index (κ2) is 4.52. The molecular weight excluding hydrogens is 226 g/mol. The maximum Gasteiger partial charge on any atom is 0.306 e. The highest BCUT2D eigenvalue weighted by Crippen LogP contribution is 2.24. The predicted molar refractivity (Wildman–Crippen MR) is 55.4 cm³/mol. The van der Waals surface area contributed by atoms with Crippen LogP contribution < -0.4 is 0 Å². The second-order valence-corrected chi connectivity index (χ2v) is 4.13. The van der Waals surface area contributed by atoms with Gasteiger partial charge in [0.25, 0.3) is 0 Å². The predicted octanol–water partition coefficient (Wildman–Crippen LogP) is -0.0577. The number of carbonyl (C=O) groups is 2. The van der Waals surface area contributed by atoms with E-state index < -0.39 is 17.9 Å². The van der Waals surface area contributed by atoms with Crippen LogP contribution in [0.1, 0.15) is 24.2 Å². The summed E-state index contributed by atoms with van der Waals surface area (Å²) in [5, 5.41) is 25.3. The number of aliphatic carboxylic acids is 2. The van der Waals surface area contributed by atoms with E-state index in [4.69, 9.17) is 10.2 Å². The van der Waals surface area contributed by atoms with E-state index in [1.54, 1.807) is 4.68 Å². The zero-order valence-electron chi connectivity index (χ0n) is 9.17. The Balaban J connectivity index is 2.10. The summed E-state index contributed by atoms with van der Waals surface area (Å²) in [5.74, 6) is -2.09. The van der Waals surface area contributed by atoms with E-state index in [2.05, 4.69) is 10.3 Å². The Hall–Kier alpha value is -1.92. The van der Waals surface area contributed by atoms with E-state index >= 15 is 0 Å². The lowest BCUT2D eigenvalue weighted by Gasteiger charge is -2.17. The number of carboxylic acid groups (broad SMARTS) is 2. The molecule has 92 valence electrons. The van der Waals surface area contributed by atoms with Gasteiger partial charge < -0.3 is 10.2 Å². The number of aromatic nitrogens is 3. The fourth-order valence-electron chi connectivity index (χ4n) is 2.04. The molecule has 1 atom stereocenters. The fourth-order valence-corrected chi connectivity index (χ4v) is 2.04. The zero-order valence-corrected chi connectivity index (χ0v) is 9.17. The molecule has 0 aliphatic heterocycles. The fraction of sp³-hybridized carbons (Fsp3) is 0.600. The van der Waals surface area contributed by atoms with Crippen LogP contribution in [0.25, 0.3) is 0 Å². The van der Waals surface area contributed by atoms with Crippen LogP contribution in [0, 0.1) is 5.92 Å². The maximum atomic E-state index is 10.9. The first-order chi connectivity index (χ1) is 8.08. The van der Waals surface area contributed by atoms with Crippen molar-refractivity contribution in [2.45, 2.75) is 32.2 Å². The van der Waals surface area contributed by atoms with Crippen LogP contribution in [0.4, 0.5) is 0 Å². The Kier molecular flexibility index (Phi) is 3.08. The quantitative estimate of drug-likeness (QED) is 0.762. The van der Waals surface area contributed by atoms with Crippen molar-refractivity contribution in [1.82, 2.24) is 15.0 Å². The van der Waals surface area contributed by atoms with Crippen molar-refractivity contribution in [2.75, 3.05) is 0 Å². The van der Waals surface area contributed by atoms with Crippen molar-refractivity contribution < 1.29 is 19.8 Å². The third-order valence-electron chi connectivity index (χ3n) is 2.97. The SMILES string of the molecule is O=C(O)CCn1nnc2c1CCC(C(=O)O)C2. The van der Waals surface area contributed by atoms with E-state index in [-0.39, 0.29) is 13.0 Å². The van der Waals surface area contributed by atoms with E-state index in [0.717, 1.165) is 5.69 Å². The molecule has 0 spiro atoms. The Bertz CT molecular complexity index is 441. The highest BCUT2D eigenvalue weighted by Gasteiger charge is 2.28. The van der Waals surface area contributed by atoms with Crippen LogP contribution >= 0.6 is 0 Å². The van der Waals surface area contributed by atoms with E-state index in [9.17, 15) is 9.59 Å². The Morgan fingerprint density at radius 3 is 2.82 bits per heavy atom. The van der Waals surface area contributed by atoms with Gasteiger partial charge in [0.15, 0.2) is 0 Å².